The predicted octanol–water partition coefficient (Wildman–Crippen LogP) is 8.46. The molecule has 0 saturated carbocycles. The van der Waals surface area contributed by atoms with Gasteiger partial charge in [-0.15, -0.1) is 0 Å². The third-order valence-electron chi connectivity index (χ3n) is 5.89. The van der Waals surface area contributed by atoms with Crippen LogP contribution in [0.3, 0.4) is 0 Å². The summed E-state index contributed by atoms with van der Waals surface area (Å²) in [5.74, 6) is 0. The third-order valence-corrected chi connectivity index (χ3v) is 16.9. The molecule has 0 unspecified atom stereocenters. The molecule has 3 heteroatoms. The molecule has 4 aromatic rings. The van der Waals surface area contributed by atoms with Crippen LogP contribution in [0, 0.1) is 0 Å². The number of hydrogen-bond donors (Lipinski definition) is 0. The van der Waals surface area contributed by atoms with Crippen molar-refractivity contribution < 1.29 is 0 Å². The molecule has 0 bridgehead atoms. The fourth-order valence-electron chi connectivity index (χ4n) is 4.32. The van der Waals surface area contributed by atoms with E-state index in [9.17, 15) is 0 Å². The molecule has 0 N–H and O–H groups in total. The van der Waals surface area contributed by atoms with Gasteiger partial charge in [0.05, 0.1) is 0 Å². The van der Waals surface area contributed by atoms with Crippen molar-refractivity contribution in [3.05, 3.63) is 156 Å². The molecule has 32 heavy (non-hydrogen) atoms. The molecule has 1 aliphatic rings. The Kier molecular flexibility index (Phi) is 6.09. The van der Waals surface area contributed by atoms with Crippen molar-refractivity contribution >= 4 is 46.4 Å². The fourth-order valence-corrected chi connectivity index (χ4v) is 13.9. The molecule has 0 amide bonds. The van der Waals surface area contributed by atoms with E-state index in [0.717, 1.165) is 0 Å². The second-order valence-corrected chi connectivity index (χ2v) is 26.2. The summed E-state index contributed by atoms with van der Waals surface area (Å²) in [6.45, 7) is 0. The summed E-state index contributed by atoms with van der Waals surface area (Å²) >= 11 is 8.46. The first kappa shape index (κ1) is 21.7. The van der Waals surface area contributed by atoms with E-state index in [4.69, 9.17) is 0 Å². The Morgan fingerprint density at radius 2 is 0.750 bits per heavy atom. The van der Waals surface area contributed by atoms with Crippen molar-refractivity contribution in [3.8, 4) is 0 Å². The van der Waals surface area contributed by atoms with Crippen molar-refractivity contribution in [3.63, 3.8) is 0 Å². The zero-order valence-electron chi connectivity index (χ0n) is 17.4. The Balaban J connectivity index is 1.88. The minimum atomic E-state index is -2.57. The fraction of sp³-hybridized carbons (Fsp3) is 0.0345. The van der Waals surface area contributed by atoms with Crippen LogP contribution in [0.4, 0.5) is 0 Å². The van der Waals surface area contributed by atoms with E-state index in [1.54, 1.807) is 0 Å². The number of hydrogen-bond acceptors (Lipinski definition) is 0. The molecule has 0 atom stereocenters. The molecular weight excluding hydrogens is 587 g/mol. The summed E-state index contributed by atoms with van der Waals surface area (Å²) in [5, 5.41) is 0. The molecular formula is C29H22Br2Se. The van der Waals surface area contributed by atoms with E-state index in [0.29, 0.717) is 0 Å². The van der Waals surface area contributed by atoms with Crippen molar-refractivity contribution in [2.24, 2.45) is 0 Å². The van der Waals surface area contributed by atoms with Crippen LogP contribution < -0.4 is 0 Å². The van der Waals surface area contributed by atoms with Gasteiger partial charge in [0.2, 0.25) is 0 Å². The Morgan fingerprint density at radius 1 is 0.438 bits per heavy atom. The van der Waals surface area contributed by atoms with Crippen molar-refractivity contribution in [1.29, 1.82) is 0 Å². The quantitative estimate of drug-likeness (QED) is 0.204. The minimum absolute atomic E-state index is 0.374. The first-order chi connectivity index (χ1) is 15.6. The zero-order valence-corrected chi connectivity index (χ0v) is 22.3. The molecule has 5 rings (SSSR count). The van der Waals surface area contributed by atoms with Crippen molar-refractivity contribution in [1.82, 2.24) is 0 Å². The average molecular weight is 609 g/mol. The average Bonchev–Trinajstić information content (AvgIpc) is 2.86. The van der Waals surface area contributed by atoms with Crippen LogP contribution in [0.15, 0.2) is 133 Å². The second kappa shape index (κ2) is 9.00. The van der Waals surface area contributed by atoms with Crippen LogP contribution in [-0.4, -0.2) is 9.23 Å². The van der Waals surface area contributed by atoms with Crippen LogP contribution in [-0.2, 0) is 5.41 Å². The summed E-state index contributed by atoms with van der Waals surface area (Å²) in [4.78, 5) is 0. The van der Waals surface area contributed by atoms with Crippen LogP contribution in [0.1, 0.15) is 22.3 Å². The predicted molar refractivity (Wildman–Crippen MR) is 146 cm³/mol. The van der Waals surface area contributed by atoms with Gasteiger partial charge in [0.15, 0.2) is 0 Å². The Labute approximate surface area is 206 Å². The molecule has 0 aliphatic carbocycles. The van der Waals surface area contributed by atoms with Gasteiger partial charge in [-0.25, -0.2) is 0 Å². The molecule has 1 aliphatic heterocycles. The molecule has 0 nitrogen and oxygen atoms in total. The molecule has 4 aromatic carbocycles. The van der Waals surface area contributed by atoms with Crippen molar-refractivity contribution in [2.45, 2.75) is 5.41 Å². The van der Waals surface area contributed by atoms with E-state index < -0.39 is 9.23 Å². The number of rotatable bonds is 4. The van der Waals surface area contributed by atoms with Crippen LogP contribution in [0.5, 0.6) is 0 Å². The van der Waals surface area contributed by atoms with Crippen LogP contribution in [0.2, 0.25) is 0 Å². The van der Waals surface area contributed by atoms with Gasteiger partial charge in [0.25, 0.3) is 0 Å². The summed E-state index contributed by atoms with van der Waals surface area (Å²) in [5.41, 5.74) is 4.65. The van der Waals surface area contributed by atoms with Gasteiger partial charge in [0.1, 0.15) is 0 Å². The van der Waals surface area contributed by atoms with E-state index in [2.05, 4.69) is 162 Å². The van der Waals surface area contributed by atoms with E-state index >= 15 is 0 Å². The first-order valence-corrected chi connectivity index (χ1v) is 20.3. The number of halogens is 2. The summed E-state index contributed by atoms with van der Waals surface area (Å²) in [6, 6.07) is 43.2. The number of benzene rings is 4. The molecule has 158 valence electrons. The summed E-state index contributed by atoms with van der Waals surface area (Å²) in [6.07, 6.45) is 4.95. The summed E-state index contributed by atoms with van der Waals surface area (Å²) < 4.78 is 2.69. The Bertz CT molecular complexity index is 1160. The van der Waals surface area contributed by atoms with E-state index in [1.807, 2.05) is 0 Å². The summed E-state index contributed by atoms with van der Waals surface area (Å²) in [7, 11) is -2.57. The van der Waals surface area contributed by atoms with E-state index in [-0.39, 0.29) is 5.41 Å². The number of allylic oxidation sites excluding steroid dienone is 2. The topological polar surface area (TPSA) is 0 Å². The Hall–Kier alpha value is -2.16. The van der Waals surface area contributed by atoms with Gasteiger partial charge in [-0.2, -0.15) is 0 Å². The standard InChI is InChI=1S/C29H22Br2Se/c30-32(31)27(23-13-5-1-6-14-23)21-29(25-17-9-3-10-18-25,26-19-11-4-12-20-26)22-28(32)24-15-7-2-8-16-24/h1-22H. The van der Waals surface area contributed by atoms with E-state index in [1.165, 1.54) is 31.2 Å². The molecule has 0 aromatic heterocycles. The SMILES string of the molecule is Br[Se]1(Br)C(c2ccccc2)=CC(c2ccccc2)(c2ccccc2)C=C1c1ccccc1. The van der Waals surface area contributed by atoms with Crippen LogP contribution in [0.25, 0.3) is 8.94 Å². The van der Waals surface area contributed by atoms with Crippen molar-refractivity contribution in [2.75, 3.05) is 0 Å². The molecule has 0 spiro atoms. The Morgan fingerprint density at radius 3 is 1.09 bits per heavy atom. The van der Waals surface area contributed by atoms with Gasteiger partial charge >= 0.3 is 208 Å². The normalized spacial score (nSPS) is 17.7. The zero-order chi connectivity index (χ0) is 22.0. The third kappa shape index (κ3) is 3.89. The monoisotopic (exact) mass is 608 g/mol. The second-order valence-electron chi connectivity index (χ2n) is 7.82. The van der Waals surface area contributed by atoms with Gasteiger partial charge in [-0.05, 0) is 0 Å². The molecule has 0 fully saturated rings. The van der Waals surface area contributed by atoms with Gasteiger partial charge in [0, 0.05) is 0 Å². The molecule has 0 saturated heterocycles. The molecule has 0 radical (unpaired) electrons. The molecule has 1 heterocycles. The van der Waals surface area contributed by atoms with Gasteiger partial charge < -0.3 is 0 Å². The van der Waals surface area contributed by atoms with Crippen LogP contribution >= 0.6 is 28.2 Å². The van der Waals surface area contributed by atoms with Gasteiger partial charge in [-0.1, -0.05) is 0 Å². The first-order valence-electron chi connectivity index (χ1n) is 10.5. The van der Waals surface area contributed by atoms with Gasteiger partial charge in [-0.3, -0.25) is 0 Å². The maximum atomic E-state index is 4.23. The maximum absolute atomic E-state index is 4.23.